The summed E-state index contributed by atoms with van der Waals surface area (Å²) in [6.07, 6.45) is 5.04. The minimum absolute atomic E-state index is 0.0274. The molecule has 1 aromatic heterocycles. The van der Waals surface area contributed by atoms with E-state index in [0.29, 0.717) is 11.7 Å². The fourth-order valence-corrected chi connectivity index (χ4v) is 4.24. The summed E-state index contributed by atoms with van der Waals surface area (Å²) >= 11 is 0. The van der Waals surface area contributed by atoms with Crippen LogP contribution in [0, 0.1) is 0 Å². The highest BCUT2D eigenvalue weighted by molar-refractivity contribution is 5.75. The van der Waals surface area contributed by atoms with E-state index in [1.54, 1.807) is 6.33 Å². The van der Waals surface area contributed by atoms with Crippen molar-refractivity contribution in [2.24, 2.45) is 0 Å². The van der Waals surface area contributed by atoms with E-state index in [-0.39, 0.29) is 5.41 Å². The van der Waals surface area contributed by atoms with E-state index in [9.17, 15) is 0 Å². The Bertz CT molecular complexity index is 745. The van der Waals surface area contributed by atoms with Crippen molar-refractivity contribution in [3.8, 4) is 11.3 Å². The normalized spacial score (nSPS) is 19.9. The van der Waals surface area contributed by atoms with Crippen LogP contribution in [0.15, 0.2) is 24.5 Å². The van der Waals surface area contributed by atoms with Gasteiger partial charge in [0, 0.05) is 11.1 Å². The van der Waals surface area contributed by atoms with Crippen molar-refractivity contribution >= 4 is 5.82 Å². The Morgan fingerprint density at radius 1 is 1.17 bits per heavy atom. The van der Waals surface area contributed by atoms with Gasteiger partial charge in [0.25, 0.3) is 0 Å². The highest BCUT2D eigenvalue weighted by Gasteiger charge is 2.34. The van der Waals surface area contributed by atoms with Gasteiger partial charge < -0.3 is 11.1 Å². The van der Waals surface area contributed by atoms with E-state index in [4.69, 9.17) is 5.73 Å². The Morgan fingerprint density at radius 3 is 2.74 bits per heavy atom. The SMILES string of the molecule is CC1(C)Cc2cc(C3CCNCC3)ccc2-c2ncnc(N)c21. The third kappa shape index (κ3) is 2.41. The molecule has 3 N–H and O–H groups in total. The molecule has 1 fully saturated rings. The lowest BCUT2D eigenvalue weighted by atomic mass is 9.71. The van der Waals surface area contributed by atoms with Crippen LogP contribution < -0.4 is 11.1 Å². The second-order valence-corrected chi connectivity index (χ2v) is 7.48. The number of nitrogens with one attached hydrogen (secondary N) is 1. The minimum Gasteiger partial charge on any atom is -0.383 e. The zero-order chi connectivity index (χ0) is 16.0. The van der Waals surface area contributed by atoms with Crippen LogP contribution in [-0.2, 0) is 11.8 Å². The van der Waals surface area contributed by atoms with Gasteiger partial charge in [-0.15, -0.1) is 0 Å². The summed E-state index contributed by atoms with van der Waals surface area (Å²) < 4.78 is 0. The van der Waals surface area contributed by atoms with Gasteiger partial charge in [-0.2, -0.15) is 0 Å². The van der Waals surface area contributed by atoms with Crippen molar-refractivity contribution in [2.45, 2.75) is 44.4 Å². The summed E-state index contributed by atoms with van der Waals surface area (Å²) in [6.45, 7) is 6.73. The predicted molar refractivity (Wildman–Crippen MR) is 93.5 cm³/mol. The highest BCUT2D eigenvalue weighted by atomic mass is 14.9. The van der Waals surface area contributed by atoms with Gasteiger partial charge in [-0.1, -0.05) is 32.0 Å². The molecular weight excluding hydrogens is 284 g/mol. The van der Waals surface area contributed by atoms with Crippen LogP contribution >= 0.6 is 0 Å². The molecule has 2 heterocycles. The van der Waals surface area contributed by atoms with E-state index in [1.807, 2.05) is 0 Å². The monoisotopic (exact) mass is 308 g/mol. The molecule has 0 radical (unpaired) electrons. The Morgan fingerprint density at radius 2 is 1.96 bits per heavy atom. The number of aromatic nitrogens is 2. The molecular formula is C19H24N4. The van der Waals surface area contributed by atoms with Crippen molar-refractivity contribution in [2.75, 3.05) is 18.8 Å². The fraction of sp³-hybridized carbons (Fsp3) is 0.474. The molecule has 4 heteroatoms. The van der Waals surface area contributed by atoms with Crippen molar-refractivity contribution in [1.29, 1.82) is 0 Å². The maximum Gasteiger partial charge on any atom is 0.131 e. The molecule has 120 valence electrons. The molecule has 4 nitrogen and oxygen atoms in total. The third-order valence-corrected chi connectivity index (χ3v) is 5.38. The molecule has 0 spiro atoms. The third-order valence-electron chi connectivity index (χ3n) is 5.38. The number of piperidine rings is 1. The van der Waals surface area contributed by atoms with Gasteiger partial charge in [-0.3, -0.25) is 0 Å². The second kappa shape index (κ2) is 5.31. The Hall–Kier alpha value is -1.94. The Labute approximate surface area is 137 Å². The first-order valence-electron chi connectivity index (χ1n) is 8.51. The van der Waals surface area contributed by atoms with E-state index in [1.165, 1.54) is 29.5 Å². The van der Waals surface area contributed by atoms with E-state index >= 15 is 0 Å². The molecule has 0 atom stereocenters. The van der Waals surface area contributed by atoms with Crippen LogP contribution in [0.25, 0.3) is 11.3 Å². The first kappa shape index (κ1) is 14.6. The van der Waals surface area contributed by atoms with Crippen LogP contribution in [0.3, 0.4) is 0 Å². The number of hydrogen-bond acceptors (Lipinski definition) is 4. The molecule has 0 bridgehead atoms. The Kier molecular flexibility index (Phi) is 3.38. The summed E-state index contributed by atoms with van der Waals surface area (Å²) in [6, 6.07) is 6.94. The molecule has 0 saturated carbocycles. The van der Waals surface area contributed by atoms with Crippen molar-refractivity contribution in [3.05, 3.63) is 41.2 Å². The van der Waals surface area contributed by atoms with Crippen molar-refractivity contribution < 1.29 is 0 Å². The first-order chi connectivity index (χ1) is 11.1. The minimum atomic E-state index is -0.0274. The van der Waals surface area contributed by atoms with Gasteiger partial charge in [-0.05, 0) is 54.8 Å². The molecule has 1 aliphatic carbocycles. The number of nitrogens with zero attached hydrogens (tertiary/aromatic N) is 2. The maximum atomic E-state index is 6.16. The van der Waals surface area contributed by atoms with Gasteiger partial charge in [0.2, 0.25) is 0 Å². The van der Waals surface area contributed by atoms with Gasteiger partial charge in [0.05, 0.1) is 5.69 Å². The van der Waals surface area contributed by atoms with Crippen LogP contribution in [0.1, 0.15) is 49.3 Å². The number of rotatable bonds is 1. The standard InChI is InChI=1S/C19H24N4/c1-19(2)10-14-9-13(12-5-7-21-8-6-12)3-4-15(14)17-16(19)18(20)23-11-22-17/h3-4,9,11-12,21H,5-8,10H2,1-2H3,(H2,20,22,23). The molecule has 2 aliphatic rings. The lowest BCUT2D eigenvalue weighted by Gasteiger charge is -2.34. The van der Waals surface area contributed by atoms with Gasteiger partial charge >= 0.3 is 0 Å². The van der Waals surface area contributed by atoms with Crippen LogP contribution in [0.4, 0.5) is 5.82 Å². The number of nitrogens with two attached hydrogens (primary N) is 1. The molecule has 0 amide bonds. The van der Waals surface area contributed by atoms with Crippen LogP contribution in [-0.4, -0.2) is 23.1 Å². The summed E-state index contributed by atoms with van der Waals surface area (Å²) in [7, 11) is 0. The van der Waals surface area contributed by atoms with E-state index in [0.717, 1.165) is 30.8 Å². The fourth-order valence-electron chi connectivity index (χ4n) is 4.24. The van der Waals surface area contributed by atoms with Gasteiger partial charge in [0.15, 0.2) is 0 Å². The van der Waals surface area contributed by atoms with Gasteiger partial charge in [0.1, 0.15) is 12.1 Å². The van der Waals surface area contributed by atoms with Crippen molar-refractivity contribution in [1.82, 2.24) is 15.3 Å². The topological polar surface area (TPSA) is 63.8 Å². The van der Waals surface area contributed by atoms with E-state index < -0.39 is 0 Å². The second-order valence-electron chi connectivity index (χ2n) is 7.48. The number of anilines is 1. The van der Waals surface area contributed by atoms with Crippen LogP contribution in [0.5, 0.6) is 0 Å². The largest absolute Gasteiger partial charge is 0.383 e. The molecule has 1 saturated heterocycles. The molecule has 1 aromatic carbocycles. The lowest BCUT2D eigenvalue weighted by Crippen LogP contribution is -2.29. The first-order valence-corrected chi connectivity index (χ1v) is 8.51. The molecule has 0 unspecified atom stereocenters. The average molecular weight is 308 g/mol. The Balaban J connectivity index is 1.81. The lowest BCUT2D eigenvalue weighted by molar-refractivity contribution is 0.459. The number of benzene rings is 1. The van der Waals surface area contributed by atoms with Gasteiger partial charge in [-0.25, -0.2) is 9.97 Å². The maximum absolute atomic E-state index is 6.16. The predicted octanol–water partition coefficient (Wildman–Crippen LogP) is 3.03. The van der Waals surface area contributed by atoms with Crippen LogP contribution in [0.2, 0.25) is 0 Å². The zero-order valence-electron chi connectivity index (χ0n) is 13.9. The van der Waals surface area contributed by atoms with E-state index in [2.05, 4.69) is 47.3 Å². The number of hydrogen-bond donors (Lipinski definition) is 2. The smallest absolute Gasteiger partial charge is 0.131 e. The molecule has 2 aromatic rings. The quantitative estimate of drug-likeness (QED) is 0.850. The summed E-state index contributed by atoms with van der Waals surface area (Å²) in [5.41, 5.74) is 12.4. The summed E-state index contributed by atoms with van der Waals surface area (Å²) in [5.74, 6) is 1.30. The number of nitrogen functional groups attached to an aromatic ring is 1. The molecule has 23 heavy (non-hydrogen) atoms. The van der Waals surface area contributed by atoms with Crippen molar-refractivity contribution in [3.63, 3.8) is 0 Å². The number of fused-ring (bicyclic) bond motifs is 3. The zero-order valence-corrected chi connectivity index (χ0v) is 13.9. The molecule has 1 aliphatic heterocycles. The summed E-state index contributed by atoms with van der Waals surface area (Å²) in [5, 5.41) is 3.45. The highest BCUT2D eigenvalue weighted by Crippen LogP contribution is 2.44. The average Bonchev–Trinajstić information content (AvgIpc) is 2.54. The molecule has 4 rings (SSSR count). The summed E-state index contributed by atoms with van der Waals surface area (Å²) in [4.78, 5) is 8.77.